The number of anilines is 1. The molecular weight excluding hydrogens is 203 g/mol. The van der Waals surface area contributed by atoms with E-state index in [9.17, 15) is 4.39 Å². The van der Waals surface area contributed by atoms with Crippen LogP contribution in [0.25, 0.3) is 0 Å². The number of rotatable bonds is 0. The zero-order chi connectivity index (χ0) is 12.0. The summed E-state index contributed by atoms with van der Waals surface area (Å²) in [6.07, 6.45) is 3.57. The molecule has 2 aromatic rings. The van der Waals surface area contributed by atoms with Crippen LogP contribution in [-0.4, -0.2) is 4.98 Å². The van der Waals surface area contributed by atoms with Crippen molar-refractivity contribution in [3.63, 3.8) is 0 Å². The van der Waals surface area contributed by atoms with Gasteiger partial charge in [0.2, 0.25) is 0 Å². The Bertz CT molecular complexity index is 441. The van der Waals surface area contributed by atoms with Crippen molar-refractivity contribution < 1.29 is 4.39 Å². The van der Waals surface area contributed by atoms with Crippen molar-refractivity contribution >= 4 is 5.69 Å². The van der Waals surface area contributed by atoms with Crippen molar-refractivity contribution in [1.29, 1.82) is 0 Å². The lowest BCUT2D eigenvalue weighted by molar-refractivity contribution is 0.619. The van der Waals surface area contributed by atoms with E-state index >= 15 is 0 Å². The molecule has 0 bridgehead atoms. The lowest BCUT2D eigenvalue weighted by Gasteiger charge is -1.94. The number of benzene rings is 1. The third-order valence-corrected chi connectivity index (χ3v) is 2.04. The molecule has 3 heteroatoms. The Balaban J connectivity index is 0.000000165. The van der Waals surface area contributed by atoms with Crippen LogP contribution in [0, 0.1) is 19.7 Å². The molecule has 2 rings (SSSR count). The topological polar surface area (TPSA) is 38.9 Å². The van der Waals surface area contributed by atoms with Gasteiger partial charge in [-0.2, -0.15) is 0 Å². The molecule has 0 saturated heterocycles. The zero-order valence-corrected chi connectivity index (χ0v) is 9.44. The second kappa shape index (κ2) is 5.85. The van der Waals surface area contributed by atoms with Gasteiger partial charge in [-0.05, 0) is 49.2 Å². The van der Waals surface area contributed by atoms with Crippen LogP contribution in [0.2, 0.25) is 0 Å². The number of pyridine rings is 1. The lowest BCUT2D eigenvalue weighted by atomic mass is 10.2. The summed E-state index contributed by atoms with van der Waals surface area (Å²) >= 11 is 0. The molecule has 84 valence electrons. The highest BCUT2D eigenvalue weighted by Gasteiger charge is 1.93. The van der Waals surface area contributed by atoms with Crippen LogP contribution >= 0.6 is 0 Å². The second-order valence-corrected chi connectivity index (χ2v) is 3.53. The number of nitrogens with two attached hydrogens (primary N) is 1. The van der Waals surface area contributed by atoms with Gasteiger partial charge in [0.25, 0.3) is 0 Å². The molecule has 0 amide bonds. The molecule has 1 heterocycles. The van der Waals surface area contributed by atoms with E-state index in [1.165, 1.54) is 11.6 Å². The van der Waals surface area contributed by atoms with Crippen molar-refractivity contribution in [2.45, 2.75) is 13.8 Å². The van der Waals surface area contributed by atoms with Gasteiger partial charge in [-0.15, -0.1) is 0 Å². The maximum absolute atomic E-state index is 12.5. The van der Waals surface area contributed by atoms with Gasteiger partial charge in [-0.3, -0.25) is 4.98 Å². The third kappa shape index (κ3) is 4.09. The van der Waals surface area contributed by atoms with Gasteiger partial charge in [0.15, 0.2) is 0 Å². The molecule has 0 aliphatic carbocycles. The van der Waals surface area contributed by atoms with Crippen LogP contribution in [0.3, 0.4) is 0 Å². The molecule has 16 heavy (non-hydrogen) atoms. The SMILES string of the molecule is Cc1ccc(N)cc1F.Cc1ccncc1. The number of nitrogen functional groups attached to an aromatic ring is 1. The molecule has 0 radical (unpaired) electrons. The van der Waals surface area contributed by atoms with E-state index in [4.69, 9.17) is 5.73 Å². The van der Waals surface area contributed by atoms with Crippen molar-refractivity contribution in [3.05, 3.63) is 59.7 Å². The molecule has 2 nitrogen and oxygen atoms in total. The Hall–Kier alpha value is -1.90. The van der Waals surface area contributed by atoms with Gasteiger partial charge in [0, 0.05) is 18.1 Å². The average Bonchev–Trinajstić information content (AvgIpc) is 2.26. The Kier molecular flexibility index (Phi) is 4.45. The summed E-state index contributed by atoms with van der Waals surface area (Å²) in [5, 5.41) is 0. The van der Waals surface area contributed by atoms with E-state index in [0.29, 0.717) is 11.3 Å². The number of aromatic nitrogens is 1. The van der Waals surface area contributed by atoms with Gasteiger partial charge in [-0.25, -0.2) is 4.39 Å². The quantitative estimate of drug-likeness (QED) is 0.690. The minimum atomic E-state index is -0.241. The van der Waals surface area contributed by atoms with Gasteiger partial charge in [0.1, 0.15) is 5.82 Å². The normalized spacial score (nSPS) is 9.19. The Labute approximate surface area is 94.9 Å². The highest BCUT2D eigenvalue weighted by Crippen LogP contribution is 2.09. The van der Waals surface area contributed by atoms with Crippen LogP contribution in [0.15, 0.2) is 42.7 Å². The van der Waals surface area contributed by atoms with Crippen LogP contribution < -0.4 is 5.73 Å². The summed E-state index contributed by atoms with van der Waals surface area (Å²) in [5.74, 6) is -0.241. The fourth-order valence-electron chi connectivity index (χ4n) is 1.04. The largest absolute Gasteiger partial charge is 0.399 e. The molecule has 1 aromatic heterocycles. The standard InChI is InChI=1S/C7H8FN.C6H7N/c1-5-2-3-6(9)4-7(5)8;1-6-2-4-7-5-3-6/h2-4H,9H2,1H3;2-5H,1H3. The van der Waals surface area contributed by atoms with Crippen molar-refractivity contribution in [2.75, 3.05) is 5.73 Å². The summed E-state index contributed by atoms with van der Waals surface area (Å²) in [5.41, 5.74) is 7.65. The highest BCUT2D eigenvalue weighted by atomic mass is 19.1. The minimum absolute atomic E-state index is 0.241. The van der Waals surface area contributed by atoms with Gasteiger partial charge >= 0.3 is 0 Å². The molecule has 0 aliphatic rings. The van der Waals surface area contributed by atoms with Crippen molar-refractivity contribution in [3.8, 4) is 0 Å². The van der Waals surface area contributed by atoms with E-state index in [2.05, 4.69) is 4.98 Å². The first-order valence-electron chi connectivity index (χ1n) is 4.98. The molecule has 1 aromatic carbocycles. The van der Waals surface area contributed by atoms with Gasteiger partial charge in [-0.1, -0.05) is 6.07 Å². The first-order valence-corrected chi connectivity index (χ1v) is 4.98. The zero-order valence-electron chi connectivity index (χ0n) is 9.44. The summed E-state index contributed by atoms with van der Waals surface area (Å²) in [6, 6.07) is 8.60. The smallest absolute Gasteiger partial charge is 0.128 e. The van der Waals surface area contributed by atoms with Crippen LogP contribution in [0.4, 0.5) is 10.1 Å². The van der Waals surface area contributed by atoms with E-state index in [0.717, 1.165) is 0 Å². The Morgan fingerprint density at radius 2 is 1.69 bits per heavy atom. The average molecular weight is 218 g/mol. The number of hydrogen-bond acceptors (Lipinski definition) is 2. The maximum Gasteiger partial charge on any atom is 0.128 e. The van der Waals surface area contributed by atoms with Gasteiger partial charge in [0.05, 0.1) is 0 Å². The number of hydrogen-bond donors (Lipinski definition) is 1. The molecule has 0 spiro atoms. The Morgan fingerprint density at radius 1 is 1.06 bits per heavy atom. The first-order chi connectivity index (χ1) is 7.59. The predicted molar refractivity (Wildman–Crippen MR) is 64.5 cm³/mol. The summed E-state index contributed by atoms with van der Waals surface area (Å²) in [6.45, 7) is 3.75. The maximum atomic E-state index is 12.5. The third-order valence-electron chi connectivity index (χ3n) is 2.04. The fourth-order valence-corrected chi connectivity index (χ4v) is 1.04. The number of nitrogens with zero attached hydrogens (tertiary/aromatic N) is 1. The molecule has 2 N–H and O–H groups in total. The van der Waals surface area contributed by atoms with Crippen LogP contribution in [0.5, 0.6) is 0 Å². The fraction of sp³-hybridized carbons (Fsp3) is 0.154. The molecule has 0 fully saturated rings. The van der Waals surface area contributed by atoms with E-state index in [-0.39, 0.29) is 5.82 Å². The van der Waals surface area contributed by atoms with Crippen LogP contribution in [0.1, 0.15) is 11.1 Å². The predicted octanol–water partition coefficient (Wildman–Crippen LogP) is 3.11. The van der Waals surface area contributed by atoms with Crippen LogP contribution in [-0.2, 0) is 0 Å². The van der Waals surface area contributed by atoms with E-state index < -0.39 is 0 Å². The van der Waals surface area contributed by atoms with E-state index in [1.54, 1.807) is 31.5 Å². The number of halogens is 1. The van der Waals surface area contributed by atoms with Gasteiger partial charge < -0.3 is 5.73 Å². The molecule has 0 unspecified atom stereocenters. The summed E-state index contributed by atoms with van der Waals surface area (Å²) in [4.78, 5) is 3.85. The monoisotopic (exact) mass is 218 g/mol. The molecule has 0 aliphatic heterocycles. The number of aryl methyl sites for hydroxylation is 2. The first kappa shape index (κ1) is 12.2. The van der Waals surface area contributed by atoms with Crippen molar-refractivity contribution in [1.82, 2.24) is 4.98 Å². The Morgan fingerprint density at radius 3 is 2.06 bits per heavy atom. The molecule has 0 saturated carbocycles. The van der Waals surface area contributed by atoms with E-state index in [1.807, 2.05) is 19.1 Å². The highest BCUT2D eigenvalue weighted by molar-refractivity contribution is 5.39. The summed E-state index contributed by atoms with van der Waals surface area (Å²) < 4.78 is 12.5. The molecule has 0 atom stereocenters. The van der Waals surface area contributed by atoms with Crippen molar-refractivity contribution in [2.24, 2.45) is 0 Å². The summed E-state index contributed by atoms with van der Waals surface area (Å²) in [7, 11) is 0. The minimum Gasteiger partial charge on any atom is -0.399 e. The second-order valence-electron chi connectivity index (χ2n) is 3.53. The molecular formula is C13H15FN2. The lowest BCUT2D eigenvalue weighted by Crippen LogP contribution is -1.87.